The first-order chi connectivity index (χ1) is 13.2. The predicted molar refractivity (Wildman–Crippen MR) is 107 cm³/mol. The molecule has 0 aliphatic heterocycles. The van der Waals surface area contributed by atoms with Gasteiger partial charge in [-0.15, -0.1) is 0 Å². The number of rotatable bonds is 5. The second-order valence-corrected chi connectivity index (χ2v) is 6.16. The lowest BCUT2D eigenvalue weighted by Gasteiger charge is -2.11. The van der Waals surface area contributed by atoms with Crippen LogP contribution in [0.1, 0.15) is 0 Å². The Labute approximate surface area is 157 Å². The summed E-state index contributed by atoms with van der Waals surface area (Å²) in [5.41, 5.74) is 3.47. The van der Waals surface area contributed by atoms with Crippen LogP contribution in [0, 0.1) is 0 Å². The average molecular weight is 357 g/mol. The lowest BCUT2D eigenvalue weighted by molar-refractivity contribution is -0.116. The van der Waals surface area contributed by atoms with E-state index in [1.807, 2.05) is 77.4 Å². The second kappa shape index (κ2) is 7.33. The normalized spacial score (nSPS) is 10.7. The van der Waals surface area contributed by atoms with E-state index in [1.165, 1.54) is 0 Å². The largest absolute Gasteiger partial charge is 0.497 e. The minimum atomic E-state index is -0.122. The Morgan fingerprint density at radius 3 is 2.59 bits per heavy atom. The number of imidazole rings is 1. The molecule has 0 unspecified atom stereocenters. The molecule has 5 heteroatoms. The van der Waals surface area contributed by atoms with Crippen molar-refractivity contribution < 1.29 is 9.53 Å². The summed E-state index contributed by atoms with van der Waals surface area (Å²) in [5, 5.41) is 2.93. The summed E-state index contributed by atoms with van der Waals surface area (Å²) in [6.45, 7) is 0.169. The Bertz CT molecular complexity index is 1090. The van der Waals surface area contributed by atoms with E-state index in [0.29, 0.717) is 11.4 Å². The van der Waals surface area contributed by atoms with E-state index >= 15 is 0 Å². The molecule has 27 heavy (non-hydrogen) atoms. The topological polar surface area (TPSA) is 56.1 Å². The van der Waals surface area contributed by atoms with Crippen molar-refractivity contribution in [1.29, 1.82) is 0 Å². The minimum absolute atomic E-state index is 0.122. The molecule has 0 bridgehead atoms. The average Bonchev–Trinajstić information content (AvgIpc) is 3.07. The number of ether oxygens (including phenoxy) is 1. The highest BCUT2D eigenvalue weighted by molar-refractivity contribution is 5.92. The quantitative estimate of drug-likeness (QED) is 0.578. The Kier molecular flexibility index (Phi) is 4.58. The molecular weight excluding hydrogens is 338 g/mol. The third-order valence-electron chi connectivity index (χ3n) is 4.34. The van der Waals surface area contributed by atoms with Gasteiger partial charge in [0.1, 0.15) is 18.1 Å². The number of hydrogen-bond donors (Lipinski definition) is 1. The molecule has 1 aromatic heterocycles. The number of hydrogen-bond acceptors (Lipinski definition) is 3. The number of benzene rings is 3. The number of nitrogens with one attached hydrogen (secondary N) is 1. The van der Waals surface area contributed by atoms with Crippen LogP contribution in [0.25, 0.3) is 22.4 Å². The molecule has 1 heterocycles. The van der Waals surface area contributed by atoms with Crippen molar-refractivity contribution in [3.05, 3.63) is 78.9 Å². The summed E-state index contributed by atoms with van der Waals surface area (Å²) >= 11 is 0. The maximum absolute atomic E-state index is 12.7. The standard InChI is InChI=1S/C22H19N3O2/c1-27-18-11-7-10-17(14-18)23-21(26)15-25-20-13-6-5-12-19(20)24-22(25)16-8-3-2-4-9-16/h2-14H,15H2,1H3,(H,23,26). The zero-order valence-electron chi connectivity index (χ0n) is 14.9. The maximum atomic E-state index is 12.7. The first-order valence-corrected chi connectivity index (χ1v) is 8.69. The van der Waals surface area contributed by atoms with Crippen LogP contribution in [0.4, 0.5) is 5.69 Å². The van der Waals surface area contributed by atoms with Gasteiger partial charge in [-0.05, 0) is 24.3 Å². The zero-order valence-corrected chi connectivity index (χ0v) is 14.9. The van der Waals surface area contributed by atoms with Crippen LogP contribution in [-0.4, -0.2) is 22.6 Å². The number of methoxy groups -OCH3 is 1. The van der Waals surface area contributed by atoms with E-state index in [9.17, 15) is 4.79 Å². The fourth-order valence-electron chi connectivity index (χ4n) is 3.09. The monoisotopic (exact) mass is 357 g/mol. The first-order valence-electron chi connectivity index (χ1n) is 8.69. The second-order valence-electron chi connectivity index (χ2n) is 6.16. The molecule has 1 N–H and O–H groups in total. The highest BCUT2D eigenvalue weighted by Gasteiger charge is 2.15. The number of para-hydroxylation sites is 2. The van der Waals surface area contributed by atoms with Crippen LogP contribution in [0.15, 0.2) is 78.9 Å². The van der Waals surface area contributed by atoms with Gasteiger partial charge < -0.3 is 14.6 Å². The van der Waals surface area contributed by atoms with Crippen molar-refractivity contribution in [2.75, 3.05) is 12.4 Å². The van der Waals surface area contributed by atoms with Gasteiger partial charge in [0, 0.05) is 17.3 Å². The van der Waals surface area contributed by atoms with Gasteiger partial charge in [-0.3, -0.25) is 4.79 Å². The zero-order chi connectivity index (χ0) is 18.6. The van der Waals surface area contributed by atoms with Gasteiger partial charge in [0.25, 0.3) is 0 Å². The molecule has 3 aromatic carbocycles. The van der Waals surface area contributed by atoms with Crippen molar-refractivity contribution in [1.82, 2.24) is 9.55 Å². The van der Waals surface area contributed by atoms with Crippen LogP contribution < -0.4 is 10.1 Å². The Morgan fingerprint density at radius 1 is 1.00 bits per heavy atom. The molecule has 0 aliphatic rings. The van der Waals surface area contributed by atoms with Gasteiger partial charge in [-0.25, -0.2) is 4.98 Å². The van der Waals surface area contributed by atoms with E-state index in [0.717, 1.165) is 22.4 Å². The summed E-state index contributed by atoms with van der Waals surface area (Å²) in [5.74, 6) is 1.35. The van der Waals surface area contributed by atoms with Crippen LogP contribution in [0.3, 0.4) is 0 Å². The van der Waals surface area contributed by atoms with Gasteiger partial charge in [0.2, 0.25) is 5.91 Å². The SMILES string of the molecule is COc1cccc(NC(=O)Cn2c(-c3ccccc3)nc3ccccc32)c1. The number of aromatic nitrogens is 2. The van der Waals surface area contributed by atoms with E-state index in [-0.39, 0.29) is 12.5 Å². The van der Waals surface area contributed by atoms with Gasteiger partial charge in [0.15, 0.2) is 0 Å². The molecule has 0 atom stereocenters. The highest BCUT2D eigenvalue weighted by Crippen LogP contribution is 2.25. The molecule has 0 aliphatic carbocycles. The van der Waals surface area contributed by atoms with E-state index < -0.39 is 0 Å². The van der Waals surface area contributed by atoms with Crippen molar-refractivity contribution in [3.63, 3.8) is 0 Å². The molecule has 1 amide bonds. The van der Waals surface area contributed by atoms with Gasteiger partial charge in [-0.1, -0.05) is 48.5 Å². The van der Waals surface area contributed by atoms with Crippen molar-refractivity contribution in [2.45, 2.75) is 6.54 Å². The maximum Gasteiger partial charge on any atom is 0.244 e. The van der Waals surface area contributed by atoms with Crippen LogP contribution in [0.2, 0.25) is 0 Å². The van der Waals surface area contributed by atoms with Crippen LogP contribution >= 0.6 is 0 Å². The number of carbonyl (C=O) groups excluding carboxylic acids is 1. The molecule has 0 saturated heterocycles. The molecular formula is C22H19N3O2. The molecule has 5 nitrogen and oxygen atoms in total. The van der Waals surface area contributed by atoms with Crippen LogP contribution in [-0.2, 0) is 11.3 Å². The van der Waals surface area contributed by atoms with E-state index in [4.69, 9.17) is 9.72 Å². The van der Waals surface area contributed by atoms with E-state index in [2.05, 4.69) is 5.32 Å². The van der Waals surface area contributed by atoms with Crippen molar-refractivity contribution in [2.24, 2.45) is 0 Å². The van der Waals surface area contributed by atoms with Gasteiger partial charge in [-0.2, -0.15) is 0 Å². The Hall–Kier alpha value is -3.60. The van der Waals surface area contributed by atoms with Crippen LogP contribution in [0.5, 0.6) is 5.75 Å². The minimum Gasteiger partial charge on any atom is -0.497 e. The molecule has 0 saturated carbocycles. The van der Waals surface area contributed by atoms with Crippen molar-refractivity contribution in [3.8, 4) is 17.1 Å². The molecule has 4 aromatic rings. The fourth-order valence-corrected chi connectivity index (χ4v) is 3.09. The summed E-state index contributed by atoms with van der Waals surface area (Å²) in [7, 11) is 1.60. The summed E-state index contributed by atoms with van der Waals surface area (Å²) in [6.07, 6.45) is 0. The Balaban J connectivity index is 1.67. The first kappa shape index (κ1) is 16.8. The molecule has 0 radical (unpaired) electrons. The fraction of sp³-hybridized carbons (Fsp3) is 0.0909. The summed E-state index contributed by atoms with van der Waals surface area (Å²) < 4.78 is 7.16. The highest BCUT2D eigenvalue weighted by atomic mass is 16.5. The number of nitrogens with zero attached hydrogens (tertiary/aromatic N) is 2. The Morgan fingerprint density at radius 2 is 1.78 bits per heavy atom. The lowest BCUT2D eigenvalue weighted by Crippen LogP contribution is -2.19. The number of anilines is 1. The molecule has 4 rings (SSSR count). The van der Waals surface area contributed by atoms with Gasteiger partial charge >= 0.3 is 0 Å². The van der Waals surface area contributed by atoms with Crippen molar-refractivity contribution >= 4 is 22.6 Å². The lowest BCUT2D eigenvalue weighted by atomic mass is 10.2. The number of carbonyl (C=O) groups is 1. The summed E-state index contributed by atoms with van der Waals surface area (Å²) in [6, 6.07) is 25.0. The smallest absolute Gasteiger partial charge is 0.244 e. The number of amides is 1. The predicted octanol–water partition coefficient (Wildman–Crippen LogP) is 4.35. The third kappa shape index (κ3) is 3.53. The molecule has 0 spiro atoms. The van der Waals surface area contributed by atoms with Gasteiger partial charge in [0.05, 0.1) is 18.1 Å². The summed E-state index contributed by atoms with van der Waals surface area (Å²) in [4.78, 5) is 17.4. The molecule has 0 fully saturated rings. The number of fused-ring (bicyclic) bond motifs is 1. The van der Waals surface area contributed by atoms with E-state index in [1.54, 1.807) is 13.2 Å². The third-order valence-corrected chi connectivity index (χ3v) is 4.34. The molecule has 134 valence electrons.